The Kier molecular flexibility index (Phi) is 3.70. The SMILES string of the molecule is C#CCN(C(N)=O)C(=O)CO. The minimum absolute atomic E-state index is 0.214. The highest BCUT2D eigenvalue weighted by molar-refractivity contribution is 5.94. The van der Waals surface area contributed by atoms with Gasteiger partial charge in [-0.15, -0.1) is 6.42 Å². The molecule has 0 atom stereocenters. The summed E-state index contributed by atoms with van der Waals surface area (Å²) in [5.41, 5.74) is 4.76. The number of imide groups is 1. The fourth-order valence-electron chi connectivity index (χ4n) is 0.466. The zero-order valence-corrected chi connectivity index (χ0v) is 5.78. The molecule has 0 aromatic rings. The molecule has 0 fully saturated rings. The van der Waals surface area contributed by atoms with E-state index in [4.69, 9.17) is 17.3 Å². The van der Waals surface area contributed by atoms with Crippen molar-refractivity contribution in [3.05, 3.63) is 0 Å². The molecule has 5 heteroatoms. The van der Waals surface area contributed by atoms with E-state index in [1.165, 1.54) is 0 Å². The summed E-state index contributed by atoms with van der Waals surface area (Å²) >= 11 is 0. The number of carbonyl (C=O) groups excluding carboxylic acids is 2. The highest BCUT2D eigenvalue weighted by Gasteiger charge is 2.15. The number of aliphatic hydroxyl groups is 1. The predicted molar refractivity (Wildman–Crippen MR) is 37.2 cm³/mol. The number of aliphatic hydroxyl groups excluding tert-OH is 1. The number of urea groups is 1. The Morgan fingerprint density at radius 2 is 2.18 bits per heavy atom. The summed E-state index contributed by atoms with van der Waals surface area (Å²) in [6.45, 7) is -0.987. The van der Waals surface area contributed by atoms with Crippen LogP contribution < -0.4 is 5.73 Å². The van der Waals surface area contributed by atoms with Crippen LogP contribution in [0.1, 0.15) is 0 Å². The van der Waals surface area contributed by atoms with Gasteiger partial charge in [0, 0.05) is 0 Å². The fraction of sp³-hybridized carbons (Fsp3) is 0.333. The van der Waals surface area contributed by atoms with Crippen LogP contribution in [0, 0.1) is 12.3 Å². The minimum Gasteiger partial charge on any atom is -0.387 e. The molecule has 0 unspecified atom stereocenters. The number of amides is 3. The molecule has 3 N–H and O–H groups in total. The molecule has 11 heavy (non-hydrogen) atoms. The van der Waals surface area contributed by atoms with E-state index in [9.17, 15) is 9.59 Å². The first-order valence-corrected chi connectivity index (χ1v) is 2.77. The van der Waals surface area contributed by atoms with Gasteiger partial charge in [0.2, 0.25) is 0 Å². The van der Waals surface area contributed by atoms with Crippen molar-refractivity contribution < 1.29 is 14.7 Å². The second-order valence-corrected chi connectivity index (χ2v) is 1.68. The molecule has 0 saturated heterocycles. The first-order valence-electron chi connectivity index (χ1n) is 2.77. The normalized spacial score (nSPS) is 8.36. The third kappa shape index (κ3) is 2.69. The van der Waals surface area contributed by atoms with E-state index in [-0.39, 0.29) is 6.54 Å². The van der Waals surface area contributed by atoms with Gasteiger partial charge in [0.15, 0.2) is 0 Å². The Labute approximate surface area is 63.8 Å². The van der Waals surface area contributed by atoms with Crippen LogP contribution in [-0.2, 0) is 4.79 Å². The molecule has 0 aromatic heterocycles. The lowest BCUT2D eigenvalue weighted by Gasteiger charge is -2.12. The van der Waals surface area contributed by atoms with Crippen LogP contribution in [-0.4, -0.2) is 35.1 Å². The molecule has 3 amide bonds. The third-order valence-electron chi connectivity index (χ3n) is 0.952. The molecule has 0 bridgehead atoms. The largest absolute Gasteiger partial charge is 0.387 e. The highest BCUT2D eigenvalue weighted by atomic mass is 16.3. The van der Waals surface area contributed by atoms with Crippen molar-refractivity contribution in [3.63, 3.8) is 0 Å². The molecule has 0 rings (SSSR count). The number of hydrogen-bond donors (Lipinski definition) is 2. The third-order valence-corrected chi connectivity index (χ3v) is 0.952. The molecule has 0 aliphatic heterocycles. The number of primary amides is 1. The van der Waals surface area contributed by atoms with Crippen molar-refractivity contribution in [2.75, 3.05) is 13.2 Å². The number of terminal acetylenes is 1. The van der Waals surface area contributed by atoms with E-state index in [0.717, 1.165) is 0 Å². The molecule has 0 radical (unpaired) electrons. The standard InChI is InChI=1S/C6H8N2O3/c1-2-3-8(6(7)11)5(10)4-9/h1,9H,3-4H2,(H2,7,11). The summed E-state index contributed by atoms with van der Waals surface area (Å²) in [6.07, 6.45) is 4.83. The van der Waals surface area contributed by atoms with Gasteiger partial charge in [-0.05, 0) is 0 Å². The minimum atomic E-state index is -0.956. The molecule has 0 saturated carbocycles. The lowest BCUT2D eigenvalue weighted by atomic mass is 10.5. The topological polar surface area (TPSA) is 83.6 Å². The second kappa shape index (κ2) is 4.30. The zero-order valence-electron chi connectivity index (χ0n) is 5.78. The van der Waals surface area contributed by atoms with Crippen molar-refractivity contribution in [2.45, 2.75) is 0 Å². The number of hydrogen-bond acceptors (Lipinski definition) is 3. The van der Waals surface area contributed by atoms with Crippen LogP contribution >= 0.6 is 0 Å². The van der Waals surface area contributed by atoms with E-state index in [2.05, 4.69) is 5.92 Å². The molecular weight excluding hydrogens is 148 g/mol. The fourth-order valence-corrected chi connectivity index (χ4v) is 0.466. The molecule has 60 valence electrons. The number of rotatable bonds is 2. The van der Waals surface area contributed by atoms with Crippen molar-refractivity contribution >= 4 is 11.9 Å². The van der Waals surface area contributed by atoms with Crippen LogP contribution in [0.5, 0.6) is 0 Å². The average molecular weight is 156 g/mol. The van der Waals surface area contributed by atoms with Crippen molar-refractivity contribution in [1.29, 1.82) is 0 Å². The van der Waals surface area contributed by atoms with Gasteiger partial charge >= 0.3 is 6.03 Å². The van der Waals surface area contributed by atoms with Crippen molar-refractivity contribution in [1.82, 2.24) is 4.90 Å². The Morgan fingerprint density at radius 1 is 1.64 bits per heavy atom. The van der Waals surface area contributed by atoms with E-state index in [1.807, 2.05) is 0 Å². The molecular formula is C6H8N2O3. The highest BCUT2D eigenvalue weighted by Crippen LogP contribution is 1.86. The summed E-state index contributed by atoms with van der Waals surface area (Å²) in [4.78, 5) is 21.6. The summed E-state index contributed by atoms with van der Waals surface area (Å²) in [6, 6.07) is -0.956. The summed E-state index contributed by atoms with van der Waals surface area (Å²) in [7, 11) is 0. The van der Waals surface area contributed by atoms with Crippen LogP contribution in [0.25, 0.3) is 0 Å². The number of nitrogens with zero attached hydrogens (tertiary/aromatic N) is 1. The average Bonchev–Trinajstić information content (AvgIpc) is 1.98. The lowest BCUT2D eigenvalue weighted by molar-refractivity contribution is -0.130. The van der Waals surface area contributed by atoms with Crippen LogP contribution in [0.2, 0.25) is 0 Å². The Hall–Kier alpha value is -1.54. The van der Waals surface area contributed by atoms with Gasteiger partial charge in [-0.2, -0.15) is 0 Å². The zero-order chi connectivity index (χ0) is 8.85. The van der Waals surface area contributed by atoms with Gasteiger partial charge in [-0.1, -0.05) is 5.92 Å². The molecule has 5 nitrogen and oxygen atoms in total. The van der Waals surface area contributed by atoms with Crippen LogP contribution in [0.15, 0.2) is 0 Å². The van der Waals surface area contributed by atoms with Crippen LogP contribution in [0.3, 0.4) is 0 Å². The summed E-state index contributed by atoms with van der Waals surface area (Å²) < 4.78 is 0. The summed E-state index contributed by atoms with van der Waals surface area (Å²) in [5.74, 6) is 1.26. The van der Waals surface area contributed by atoms with E-state index in [0.29, 0.717) is 4.90 Å². The number of nitrogens with two attached hydrogens (primary N) is 1. The van der Waals surface area contributed by atoms with E-state index >= 15 is 0 Å². The number of carbonyl (C=O) groups is 2. The van der Waals surface area contributed by atoms with Crippen molar-refractivity contribution in [3.8, 4) is 12.3 Å². The Morgan fingerprint density at radius 3 is 2.45 bits per heavy atom. The van der Waals surface area contributed by atoms with Crippen molar-refractivity contribution in [2.24, 2.45) is 5.73 Å². The maximum atomic E-state index is 10.6. The van der Waals surface area contributed by atoms with Gasteiger partial charge in [0.1, 0.15) is 6.61 Å². The smallest absolute Gasteiger partial charge is 0.322 e. The van der Waals surface area contributed by atoms with Crippen LogP contribution in [0.4, 0.5) is 4.79 Å². The van der Waals surface area contributed by atoms with E-state index in [1.54, 1.807) is 0 Å². The lowest BCUT2D eigenvalue weighted by Crippen LogP contribution is -2.42. The quantitative estimate of drug-likeness (QED) is 0.478. The van der Waals surface area contributed by atoms with E-state index < -0.39 is 18.5 Å². The second-order valence-electron chi connectivity index (χ2n) is 1.68. The van der Waals surface area contributed by atoms with Gasteiger partial charge in [-0.3, -0.25) is 9.69 Å². The molecule has 0 aromatic carbocycles. The molecule has 0 spiro atoms. The first-order chi connectivity index (χ1) is 5.13. The maximum Gasteiger partial charge on any atom is 0.322 e. The van der Waals surface area contributed by atoms with Gasteiger partial charge in [0.25, 0.3) is 5.91 Å². The van der Waals surface area contributed by atoms with Gasteiger partial charge in [-0.25, -0.2) is 4.79 Å². The Bertz CT molecular complexity index is 206. The molecule has 0 aliphatic rings. The summed E-state index contributed by atoms with van der Waals surface area (Å²) in [5, 5.41) is 8.31. The van der Waals surface area contributed by atoms with Gasteiger partial charge < -0.3 is 10.8 Å². The van der Waals surface area contributed by atoms with Gasteiger partial charge in [0.05, 0.1) is 6.54 Å². The maximum absolute atomic E-state index is 10.6. The molecule has 0 heterocycles. The first kappa shape index (κ1) is 9.46. The Balaban J connectivity index is 4.24. The molecule has 0 aliphatic carbocycles. The predicted octanol–water partition coefficient (Wildman–Crippen LogP) is -1.48. The monoisotopic (exact) mass is 156 g/mol.